The van der Waals surface area contributed by atoms with Crippen LogP contribution in [0, 0.1) is 27.7 Å². The normalized spacial score (nSPS) is 11.7. The first kappa shape index (κ1) is 45.8. The third-order valence-electron chi connectivity index (χ3n) is 15.5. The number of aryl methyl sites for hydroxylation is 4. The number of nitrogens with zero attached hydrogens (tertiary/aromatic N) is 2. The van der Waals surface area contributed by atoms with Crippen LogP contribution in [0.2, 0.25) is 0 Å². The monoisotopic (exact) mass is 1010 g/mol. The Morgan fingerprint density at radius 3 is 1.11 bits per heavy atom. The highest BCUT2D eigenvalue weighted by Gasteiger charge is 2.26. The van der Waals surface area contributed by atoms with Crippen LogP contribution in [0.15, 0.2) is 243 Å². The Hall–Kier alpha value is -8.80. The van der Waals surface area contributed by atoms with Crippen LogP contribution < -0.4 is 9.80 Å². The van der Waals surface area contributed by atoms with Gasteiger partial charge in [0.05, 0.1) is 11.4 Å². The molecule has 14 aromatic rings. The van der Waals surface area contributed by atoms with Crippen molar-refractivity contribution in [3.8, 4) is 33.4 Å². The lowest BCUT2D eigenvalue weighted by Gasteiger charge is -2.32. The Bertz CT molecular complexity index is 4320. The summed E-state index contributed by atoms with van der Waals surface area (Å²) >= 11 is 3.77. The average molecular weight is 1010 g/mol. The molecule has 0 unspecified atom stereocenters. The minimum atomic E-state index is 1.13. The van der Waals surface area contributed by atoms with Gasteiger partial charge >= 0.3 is 0 Å². The second-order valence-corrected chi connectivity index (χ2v) is 22.3. The van der Waals surface area contributed by atoms with Gasteiger partial charge in [-0.15, -0.1) is 22.7 Å². The molecule has 0 N–H and O–H groups in total. The van der Waals surface area contributed by atoms with E-state index < -0.39 is 0 Å². The fourth-order valence-corrected chi connectivity index (χ4v) is 14.3. The number of anilines is 6. The van der Waals surface area contributed by atoms with Crippen LogP contribution in [-0.4, -0.2) is 0 Å². The van der Waals surface area contributed by atoms with E-state index in [2.05, 4.69) is 280 Å². The van der Waals surface area contributed by atoms with Crippen LogP contribution in [0.4, 0.5) is 34.1 Å². The second-order valence-electron chi connectivity index (χ2n) is 20.2. The molecule has 0 amide bonds. The molecule has 2 nitrogen and oxygen atoms in total. The topological polar surface area (TPSA) is 6.48 Å². The maximum absolute atomic E-state index is 2.51. The average Bonchev–Trinajstić information content (AvgIpc) is 4.04. The van der Waals surface area contributed by atoms with Gasteiger partial charge in [0.1, 0.15) is 0 Å². The molecule has 0 saturated heterocycles. The van der Waals surface area contributed by atoms with Gasteiger partial charge in [-0.05, 0) is 143 Å². The van der Waals surface area contributed by atoms with Crippen molar-refractivity contribution < 1.29 is 0 Å². The van der Waals surface area contributed by atoms with Crippen molar-refractivity contribution in [2.24, 2.45) is 0 Å². The maximum Gasteiger partial charge on any atom is 0.0569 e. The standard InChI is InChI=1S/C72H52N2S2/c1-45-17-13-25-59(63-29-15-27-61-57-23-9-11-31-67(57)75-71(61)63)69(45)73(55-37-33-49-19-5-7-21-51(49)43-55)65-39-35-53(41-47(65)3)54-36-40-66(48(4)42-54)74(56-38-34-50-20-6-8-22-52(50)44-56)70-46(2)18-14-26-60(70)64-30-16-28-62-58-24-10-12-32-68(58)76-72(62)64/h5-44H,1-4H3. The summed E-state index contributed by atoms with van der Waals surface area (Å²) in [6, 6.07) is 90.1. The number of benzene rings is 12. The van der Waals surface area contributed by atoms with Gasteiger partial charge < -0.3 is 9.80 Å². The minimum absolute atomic E-state index is 1.13. The van der Waals surface area contributed by atoms with Crippen molar-refractivity contribution in [3.63, 3.8) is 0 Å². The zero-order chi connectivity index (χ0) is 51.0. The van der Waals surface area contributed by atoms with E-state index >= 15 is 0 Å². The van der Waals surface area contributed by atoms with Crippen LogP contribution in [0.1, 0.15) is 22.3 Å². The Morgan fingerprint density at radius 1 is 0.276 bits per heavy atom. The number of para-hydroxylation sites is 2. The molecule has 4 heteroatoms. The zero-order valence-corrected chi connectivity index (χ0v) is 44.4. The molecule has 0 aliphatic heterocycles. The van der Waals surface area contributed by atoms with Crippen molar-refractivity contribution in [1.82, 2.24) is 0 Å². The first-order valence-corrected chi connectivity index (χ1v) is 27.8. The highest BCUT2D eigenvalue weighted by Crippen LogP contribution is 2.51. The summed E-state index contributed by atoms with van der Waals surface area (Å²) in [5, 5.41) is 10.1. The van der Waals surface area contributed by atoms with E-state index in [-0.39, 0.29) is 0 Å². The van der Waals surface area contributed by atoms with Gasteiger partial charge in [0.2, 0.25) is 0 Å². The van der Waals surface area contributed by atoms with Gasteiger partial charge in [-0.25, -0.2) is 0 Å². The van der Waals surface area contributed by atoms with E-state index in [1.807, 2.05) is 22.7 Å². The first-order chi connectivity index (χ1) is 37.3. The molecule has 0 aliphatic carbocycles. The summed E-state index contributed by atoms with van der Waals surface area (Å²) < 4.78 is 5.24. The number of thiophene rings is 2. The lowest BCUT2D eigenvalue weighted by Crippen LogP contribution is -2.14. The molecule has 12 aromatic carbocycles. The maximum atomic E-state index is 2.51. The Labute approximate surface area is 451 Å². The first-order valence-electron chi connectivity index (χ1n) is 26.1. The van der Waals surface area contributed by atoms with E-state index in [0.29, 0.717) is 0 Å². The molecule has 0 radical (unpaired) electrons. The molecule has 2 aromatic heterocycles. The molecule has 0 fully saturated rings. The SMILES string of the molecule is Cc1cc(-c2ccc(N(c3ccc4ccccc4c3)c3c(C)cccc3-c3cccc4c3sc3ccccc34)c(C)c2)ccc1N(c1ccc2ccccc2c1)c1c(C)cccc1-c1cccc2c1sc1ccccc12. The van der Waals surface area contributed by atoms with Gasteiger partial charge in [-0.1, -0.05) is 182 Å². The molecule has 0 spiro atoms. The lowest BCUT2D eigenvalue weighted by molar-refractivity contribution is 1.23. The number of hydrogen-bond donors (Lipinski definition) is 0. The lowest BCUT2D eigenvalue weighted by atomic mass is 9.94. The van der Waals surface area contributed by atoms with Crippen LogP contribution >= 0.6 is 22.7 Å². The van der Waals surface area contributed by atoms with Crippen LogP contribution in [0.3, 0.4) is 0 Å². The van der Waals surface area contributed by atoms with Gasteiger partial charge in [0.25, 0.3) is 0 Å². The second kappa shape index (κ2) is 18.5. The zero-order valence-electron chi connectivity index (χ0n) is 42.8. The summed E-state index contributed by atoms with van der Waals surface area (Å²) in [6.07, 6.45) is 0. The van der Waals surface area contributed by atoms with E-state index in [9.17, 15) is 0 Å². The summed E-state index contributed by atoms with van der Waals surface area (Å²) in [7, 11) is 0. The quantitative estimate of drug-likeness (QED) is 0.142. The largest absolute Gasteiger partial charge is 0.309 e. The Morgan fingerprint density at radius 2 is 0.658 bits per heavy atom. The molecular weight excluding hydrogens is 957 g/mol. The van der Waals surface area contributed by atoms with Crippen molar-refractivity contribution in [2.45, 2.75) is 27.7 Å². The summed E-state index contributed by atoms with van der Waals surface area (Å²) in [5.74, 6) is 0. The molecule has 2 heterocycles. The van der Waals surface area contributed by atoms with Gasteiger partial charge in [-0.2, -0.15) is 0 Å². The van der Waals surface area contributed by atoms with Crippen LogP contribution in [0.5, 0.6) is 0 Å². The molecule has 0 aliphatic rings. The predicted molar refractivity (Wildman–Crippen MR) is 332 cm³/mol. The molecular formula is C72H52N2S2. The Kier molecular flexibility index (Phi) is 11.2. The smallest absolute Gasteiger partial charge is 0.0569 e. The van der Waals surface area contributed by atoms with Gasteiger partial charge in [0, 0.05) is 85.3 Å². The third kappa shape index (κ3) is 7.67. The van der Waals surface area contributed by atoms with Crippen molar-refractivity contribution in [3.05, 3.63) is 265 Å². The van der Waals surface area contributed by atoms with Gasteiger partial charge in [-0.3, -0.25) is 0 Å². The van der Waals surface area contributed by atoms with E-state index in [4.69, 9.17) is 0 Å². The fourth-order valence-electron chi connectivity index (χ4n) is 11.8. The highest BCUT2D eigenvalue weighted by atomic mass is 32.1. The van der Waals surface area contributed by atoms with Crippen molar-refractivity contribution in [1.29, 1.82) is 0 Å². The number of fused-ring (bicyclic) bond motifs is 8. The van der Waals surface area contributed by atoms with Crippen molar-refractivity contribution >= 4 is 119 Å². The molecule has 0 atom stereocenters. The molecule has 14 rings (SSSR count). The summed E-state index contributed by atoms with van der Waals surface area (Å²) in [5.41, 5.74) is 19.0. The summed E-state index contributed by atoms with van der Waals surface area (Å²) in [6.45, 7) is 9.07. The Balaban J connectivity index is 0.909. The fraction of sp³-hybridized carbons (Fsp3) is 0.0556. The number of rotatable bonds is 9. The van der Waals surface area contributed by atoms with Gasteiger partial charge in [0.15, 0.2) is 0 Å². The molecule has 0 saturated carbocycles. The van der Waals surface area contributed by atoms with E-state index in [1.54, 1.807) is 0 Å². The summed E-state index contributed by atoms with van der Waals surface area (Å²) in [4.78, 5) is 5.02. The highest BCUT2D eigenvalue weighted by molar-refractivity contribution is 7.26. The molecule has 76 heavy (non-hydrogen) atoms. The predicted octanol–water partition coefficient (Wildman–Crippen LogP) is 21.9. The molecule has 362 valence electrons. The van der Waals surface area contributed by atoms with Crippen LogP contribution in [0.25, 0.3) is 95.3 Å². The van der Waals surface area contributed by atoms with E-state index in [0.717, 1.165) is 22.7 Å². The molecule has 0 bridgehead atoms. The third-order valence-corrected chi connectivity index (χ3v) is 17.9. The minimum Gasteiger partial charge on any atom is -0.309 e. The van der Waals surface area contributed by atoms with E-state index in [1.165, 1.54) is 129 Å². The van der Waals surface area contributed by atoms with Crippen molar-refractivity contribution in [2.75, 3.05) is 9.80 Å². The number of hydrogen-bond acceptors (Lipinski definition) is 4. The van der Waals surface area contributed by atoms with Crippen LogP contribution in [-0.2, 0) is 0 Å².